The van der Waals surface area contributed by atoms with Crippen molar-refractivity contribution in [3.05, 3.63) is 23.5 Å². The van der Waals surface area contributed by atoms with E-state index in [-0.39, 0.29) is 23.3 Å². The number of carbonyl (C=O) groups excluding carboxylic acids is 1. The van der Waals surface area contributed by atoms with Gasteiger partial charge in [0, 0.05) is 29.9 Å². The summed E-state index contributed by atoms with van der Waals surface area (Å²) < 4.78 is 25.0. The lowest BCUT2D eigenvalue weighted by molar-refractivity contribution is 0.0971. The van der Waals surface area contributed by atoms with Gasteiger partial charge < -0.3 is 4.57 Å². The number of hydrogen-bond donors (Lipinski definition) is 0. The molecule has 0 bridgehead atoms. The Labute approximate surface area is 107 Å². The van der Waals surface area contributed by atoms with Crippen molar-refractivity contribution < 1.29 is 13.2 Å². The average Bonchev–Trinajstić information content (AvgIpc) is 2.74. The molecule has 2 heterocycles. The van der Waals surface area contributed by atoms with E-state index in [4.69, 9.17) is 0 Å². The van der Waals surface area contributed by atoms with E-state index in [1.807, 2.05) is 12.3 Å². The van der Waals surface area contributed by atoms with E-state index in [9.17, 15) is 13.2 Å². The average molecular weight is 267 g/mol. The Morgan fingerprint density at radius 2 is 1.89 bits per heavy atom. The molecule has 1 aliphatic heterocycles. The van der Waals surface area contributed by atoms with E-state index in [0.29, 0.717) is 19.3 Å². The van der Waals surface area contributed by atoms with Crippen LogP contribution >= 0.6 is 0 Å². The minimum atomic E-state index is -2.82. The van der Waals surface area contributed by atoms with Crippen LogP contribution in [0.5, 0.6) is 0 Å². The van der Waals surface area contributed by atoms with Crippen LogP contribution in [0.25, 0.3) is 0 Å². The molecule has 0 unspecified atom stereocenters. The Bertz CT molecular complexity index is 571. The summed E-state index contributed by atoms with van der Waals surface area (Å²) in [6, 6.07) is 2.16. The lowest BCUT2D eigenvalue weighted by Crippen LogP contribution is -2.26. The maximum absolute atomic E-state index is 11.8. The summed E-state index contributed by atoms with van der Waals surface area (Å²) in [5.74, 6) is 0.787. The Morgan fingerprint density at radius 1 is 1.17 bits per heavy atom. The van der Waals surface area contributed by atoms with Gasteiger partial charge >= 0.3 is 0 Å². The van der Waals surface area contributed by atoms with Crippen LogP contribution in [-0.4, -0.2) is 30.3 Å². The molecule has 5 heteroatoms. The normalized spacial score (nSPS) is 23.9. The minimum Gasteiger partial charge on any atom is -0.348 e. The van der Waals surface area contributed by atoms with Gasteiger partial charge in [0.1, 0.15) is 9.84 Å². The van der Waals surface area contributed by atoms with E-state index in [1.54, 1.807) is 0 Å². The predicted octanol–water partition coefficient (Wildman–Crippen LogP) is 1.76. The molecule has 1 aliphatic carbocycles. The van der Waals surface area contributed by atoms with Crippen molar-refractivity contribution in [2.45, 2.75) is 38.1 Å². The van der Waals surface area contributed by atoms with Gasteiger partial charge in [0.2, 0.25) is 0 Å². The Morgan fingerprint density at radius 3 is 2.61 bits per heavy atom. The van der Waals surface area contributed by atoms with Crippen LogP contribution in [0.1, 0.15) is 47.8 Å². The number of fused-ring (bicyclic) bond motifs is 1. The summed E-state index contributed by atoms with van der Waals surface area (Å²) in [6.45, 7) is 0. The van der Waals surface area contributed by atoms with Gasteiger partial charge in [0.15, 0.2) is 5.78 Å². The highest BCUT2D eigenvalue weighted by Crippen LogP contribution is 2.30. The SMILES string of the molecule is O=C1CCCc2c1ccn2C1CCS(=O)(=O)CC1. The van der Waals surface area contributed by atoms with Gasteiger partial charge in [0.25, 0.3) is 0 Å². The fourth-order valence-electron chi connectivity index (χ4n) is 3.05. The summed E-state index contributed by atoms with van der Waals surface area (Å²) in [5, 5.41) is 0. The number of ketones is 1. The van der Waals surface area contributed by atoms with Crippen LogP contribution in [-0.2, 0) is 16.3 Å². The molecule has 0 aromatic carbocycles. The van der Waals surface area contributed by atoms with E-state index < -0.39 is 9.84 Å². The number of aromatic nitrogens is 1. The van der Waals surface area contributed by atoms with Crippen molar-refractivity contribution >= 4 is 15.6 Å². The molecule has 0 spiro atoms. The van der Waals surface area contributed by atoms with Gasteiger partial charge in [-0.1, -0.05) is 0 Å². The maximum Gasteiger partial charge on any atom is 0.164 e. The van der Waals surface area contributed by atoms with Gasteiger partial charge in [-0.3, -0.25) is 4.79 Å². The van der Waals surface area contributed by atoms with Crippen molar-refractivity contribution in [3.63, 3.8) is 0 Å². The summed E-state index contributed by atoms with van der Waals surface area (Å²) >= 11 is 0. The number of rotatable bonds is 1. The molecule has 0 atom stereocenters. The molecule has 2 aliphatic rings. The lowest BCUT2D eigenvalue weighted by atomic mass is 9.96. The van der Waals surface area contributed by atoms with Crippen molar-refractivity contribution in [2.24, 2.45) is 0 Å². The van der Waals surface area contributed by atoms with Gasteiger partial charge in [0.05, 0.1) is 11.5 Å². The quantitative estimate of drug-likeness (QED) is 0.779. The Kier molecular flexibility index (Phi) is 2.81. The molecule has 0 N–H and O–H groups in total. The summed E-state index contributed by atoms with van der Waals surface area (Å²) in [5.41, 5.74) is 1.98. The van der Waals surface area contributed by atoms with Crippen LogP contribution in [0, 0.1) is 0 Å². The van der Waals surface area contributed by atoms with Gasteiger partial charge in [-0.05, 0) is 31.7 Å². The molecule has 0 amide bonds. The van der Waals surface area contributed by atoms with Crippen LogP contribution in [0.2, 0.25) is 0 Å². The Balaban J connectivity index is 1.88. The van der Waals surface area contributed by atoms with Crippen molar-refractivity contribution in [1.82, 2.24) is 4.57 Å². The van der Waals surface area contributed by atoms with Gasteiger partial charge in [-0.25, -0.2) is 8.42 Å². The zero-order valence-electron chi connectivity index (χ0n) is 10.3. The zero-order valence-corrected chi connectivity index (χ0v) is 11.1. The Hall–Kier alpha value is -1.10. The third kappa shape index (κ3) is 2.00. The van der Waals surface area contributed by atoms with Crippen molar-refractivity contribution in [2.75, 3.05) is 11.5 Å². The van der Waals surface area contributed by atoms with Crippen LogP contribution < -0.4 is 0 Å². The van der Waals surface area contributed by atoms with E-state index >= 15 is 0 Å². The van der Waals surface area contributed by atoms with Crippen molar-refractivity contribution in [1.29, 1.82) is 0 Å². The molecule has 0 radical (unpaired) electrons. The van der Waals surface area contributed by atoms with Gasteiger partial charge in [-0.2, -0.15) is 0 Å². The standard InChI is InChI=1S/C13H17NO3S/c15-13-3-1-2-12-11(13)4-7-14(12)10-5-8-18(16,17)9-6-10/h4,7,10H,1-3,5-6,8-9H2. The first-order chi connectivity index (χ1) is 8.57. The molecular weight excluding hydrogens is 250 g/mol. The summed E-state index contributed by atoms with van der Waals surface area (Å²) in [6.07, 6.45) is 5.83. The topological polar surface area (TPSA) is 56.1 Å². The second-order valence-corrected chi connectivity index (χ2v) is 7.55. The number of hydrogen-bond acceptors (Lipinski definition) is 3. The molecule has 4 nitrogen and oxygen atoms in total. The van der Waals surface area contributed by atoms with E-state index in [1.165, 1.54) is 0 Å². The minimum absolute atomic E-state index is 0.235. The molecule has 1 saturated heterocycles. The largest absolute Gasteiger partial charge is 0.348 e. The molecule has 1 aromatic heterocycles. The first-order valence-corrected chi connectivity index (χ1v) is 8.32. The zero-order chi connectivity index (χ0) is 12.8. The molecule has 1 aromatic rings. The molecular formula is C13H17NO3S. The number of sulfone groups is 1. The van der Waals surface area contributed by atoms with Crippen LogP contribution in [0.3, 0.4) is 0 Å². The van der Waals surface area contributed by atoms with Crippen molar-refractivity contribution in [3.8, 4) is 0 Å². The lowest BCUT2D eigenvalue weighted by Gasteiger charge is -2.26. The highest BCUT2D eigenvalue weighted by atomic mass is 32.2. The summed E-state index contributed by atoms with van der Waals surface area (Å²) in [7, 11) is -2.82. The molecule has 3 rings (SSSR count). The van der Waals surface area contributed by atoms with Crippen LogP contribution in [0.4, 0.5) is 0 Å². The monoisotopic (exact) mass is 267 g/mol. The molecule has 1 fully saturated rings. The van der Waals surface area contributed by atoms with Gasteiger partial charge in [-0.15, -0.1) is 0 Å². The van der Waals surface area contributed by atoms with E-state index in [0.717, 1.165) is 24.1 Å². The number of nitrogens with zero attached hydrogens (tertiary/aromatic N) is 1. The fraction of sp³-hybridized carbons (Fsp3) is 0.615. The van der Waals surface area contributed by atoms with Crippen LogP contribution in [0.15, 0.2) is 12.3 Å². The third-order valence-corrected chi connectivity index (χ3v) is 5.78. The number of carbonyl (C=O) groups is 1. The number of Topliss-reactive ketones (excluding diaryl/α,β-unsaturated/α-hetero) is 1. The first-order valence-electron chi connectivity index (χ1n) is 6.50. The second-order valence-electron chi connectivity index (χ2n) is 5.24. The summed E-state index contributed by atoms with van der Waals surface area (Å²) in [4.78, 5) is 11.8. The van der Waals surface area contributed by atoms with E-state index in [2.05, 4.69) is 4.57 Å². The smallest absolute Gasteiger partial charge is 0.164 e. The first kappa shape index (κ1) is 12.0. The fourth-order valence-corrected chi connectivity index (χ4v) is 4.51. The third-order valence-electron chi connectivity index (χ3n) is 4.06. The second kappa shape index (κ2) is 4.23. The predicted molar refractivity (Wildman–Crippen MR) is 68.6 cm³/mol. The maximum atomic E-state index is 11.8. The highest BCUT2D eigenvalue weighted by Gasteiger charge is 2.28. The molecule has 0 saturated carbocycles. The highest BCUT2D eigenvalue weighted by molar-refractivity contribution is 7.91. The molecule has 18 heavy (non-hydrogen) atoms. The molecule has 98 valence electrons.